The normalized spacial score (nSPS) is 18.0. The van der Waals surface area contributed by atoms with Crippen LogP contribution in [-0.4, -0.2) is 28.9 Å². The molecule has 4 heteroatoms. The molecular weight excluding hydrogens is 228 g/mol. The molecule has 2 rings (SSSR count). The van der Waals surface area contributed by atoms with Crippen LogP contribution in [0.1, 0.15) is 25.8 Å². The first-order chi connectivity index (χ1) is 8.51. The zero-order chi connectivity index (χ0) is 13.2. The van der Waals surface area contributed by atoms with Crippen molar-refractivity contribution in [3.63, 3.8) is 0 Å². The standard InChI is InChI=1S/C14H18N2O2/c1-14(2)12(17)15-13(18)16(14)10-6-9-11-7-4-3-5-8-11/h3-5,7-8H,6,9-10H2,1-2H3,(H,15,17,18). The molecule has 1 fully saturated rings. The van der Waals surface area contributed by atoms with Gasteiger partial charge in [-0.15, -0.1) is 0 Å². The minimum absolute atomic E-state index is 0.216. The summed E-state index contributed by atoms with van der Waals surface area (Å²) in [6.45, 7) is 4.14. The van der Waals surface area contributed by atoms with Crippen molar-refractivity contribution in [1.82, 2.24) is 10.2 Å². The maximum absolute atomic E-state index is 11.6. The molecule has 0 aliphatic carbocycles. The lowest BCUT2D eigenvalue weighted by molar-refractivity contribution is -0.125. The molecule has 0 radical (unpaired) electrons. The van der Waals surface area contributed by atoms with Crippen LogP contribution in [0.5, 0.6) is 0 Å². The molecule has 96 valence electrons. The number of aryl methyl sites for hydroxylation is 1. The van der Waals surface area contributed by atoms with Crippen molar-refractivity contribution in [3.8, 4) is 0 Å². The van der Waals surface area contributed by atoms with Crippen molar-refractivity contribution in [1.29, 1.82) is 0 Å². The van der Waals surface area contributed by atoms with E-state index in [4.69, 9.17) is 0 Å². The zero-order valence-corrected chi connectivity index (χ0v) is 10.8. The fourth-order valence-corrected chi connectivity index (χ4v) is 2.16. The molecule has 18 heavy (non-hydrogen) atoms. The summed E-state index contributed by atoms with van der Waals surface area (Å²) in [6.07, 6.45) is 1.77. The second kappa shape index (κ2) is 4.80. The van der Waals surface area contributed by atoms with E-state index < -0.39 is 5.54 Å². The van der Waals surface area contributed by atoms with Gasteiger partial charge < -0.3 is 4.90 Å². The number of amides is 3. The molecule has 1 saturated heterocycles. The van der Waals surface area contributed by atoms with Gasteiger partial charge in [-0.3, -0.25) is 10.1 Å². The van der Waals surface area contributed by atoms with E-state index >= 15 is 0 Å². The first kappa shape index (κ1) is 12.6. The Morgan fingerprint density at radius 3 is 2.39 bits per heavy atom. The average Bonchev–Trinajstić information content (AvgIpc) is 2.53. The lowest BCUT2D eigenvalue weighted by Crippen LogP contribution is -2.44. The minimum Gasteiger partial charge on any atom is -0.310 e. The number of carbonyl (C=O) groups excluding carboxylic acids is 2. The van der Waals surface area contributed by atoms with Crippen molar-refractivity contribution in [2.24, 2.45) is 0 Å². The lowest BCUT2D eigenvalue weighted by atomic mass is 10.0. The van der Waals surface area contributed by atoms with E-state index in [2.05, 4.69) is 17.4 Å². The summed E-state index contributed by atoms with van der Waals surface area (Å²) in [5, 5.41) is 2.35. The molecule has 1 aliphatic heterocycles. The summed E-state index contributed by atoms with van der Waals surface area (Å²) in [7, 11) is 0. The molecule has 0 saturated carbocycles. The van der Waals surface area contributed by atoms with E-state index in [1.165, 1.54) is 5.56 Å². The maximum Gasteiger partial charge on any atom is 0.324 e. The molecule has 0 spiro atoms. The van der Waals surface area contributed by atoms with Crippen LogP contribution in [0.3, 0.4) is 0 Å². The van der Waals surface area contributed by atoms with Crippen LogP contribution in [-0.2, 0) is 11.2 Å². The molecular formula is C14H18N2O2. The fraction of sp³-hybridized carbons (Fsp3) is 0.429. The Balaban J connectivity index is 1.91. The zero-order valence-electron chi connectivity index (χ0n) is 10.8. The summed E-state index contributed by atoms with van der Waals surface area (Å²) in [5.41, 5.74) is 0.523. The van der Waals surface area contributed by atoms with Crippen molar-refractivity contribution >= 4 is 11.9 Å². The molecule has 0 unspecified atom stereocenters. The first-order valence-corrected chi connectivity index (χ1v) is 6.19. The Morgan fingerprint density at radius 1 is 1.17 bits per heavy atom. The smallest absolute Gasteiger partial charge is 0.310 e. The van der Waals surface area contributed by atoms with Crippen LogP contribution in [0.4, 0.5) is 4.79 Å². The van der Waals surface area contributed by atoms with Crippen molar-refractivity contribution in [3.05, 3.63) is 35.9 Å². The molecule has 1 aromatic carbocycles. The van der Waals surface area contributed by atoms with Crippen LogP contribution >= 0.6 is 0 Å². The van der Waals surface area contributed by atoms with Gasteiger partial charge in [0, 0.05) is 6.54 Å². The first-order valence-electron chi connectivity index (χ1n) is 6.19. The largest absolute Gasteiger partial charge is 0.324 e. The molecule has 1 heterocycles. The predicted octanol–water partition coefficient (Wildman–Crippen LogP) is 1.95. The van der Waals surface area contributed by atoms with Gasteiger partial charge in [-0.05, 0) is 32.3 Å². The van der Waals surface area contributed by atoms with E-state index in [-0.39, 0.29) is 11.9 Å². The van der Waals surface area contributed by atoms with Gasteiger partial charge in [0.25, 0.3) is 5.91 Å². The molecule has 1 N–H and O–H groups in total. The number of hydrogen-bond acceptors (Lipinski definition) is 2. The molecule has 0 aromatic heterocycles. The molecule has 1 aromatic rings. The van der Waals surface area contributed by atoms with Gasteiger partial charge >= 0.3 is 6.03 Å². The van der Waals surface area contributed by atoms with Gasteiger partial charge in [0.15, 0.2) is 0 Å². The van der Waals surface area contributed by atoms with E-state index in [9.17, 15) is 9.59 Å². The Hall–Kier alpha value is -1.84. The summed E-state index contributed by atoms with van der Waals surface area (Å²) < 4.78 is 0. The second-order valence-electron chi connectivity index (χ2n) is 5.06. The Bertz CT molecular complexity index is 454. The molecule has 0 atom stereocenters. The van der Waals surface area contributed by atoms with E-state index in [0.29, 0.717) is 6.54 Å². The van der Waals surface area contributed by atoms with Gasteiger partial charge in [-0.2, -0.15) is 0 Å². The number of urea groups is 1. The highest BCUT2D eigenvalue weighted by atomic mass is 16.2. The SMILES string of the molecule is CC1(C)C(=O)NC(=O)N1CCCc1ccccc1. The summed E-state index contributed by atoms with van der Waals surface area (Å²) in [6, 6.07) is 9.86. The van der Waals surface area contributed by atoms with Gasteiger partial charge in [-0.1, -0.05) is 30.3 Å². The topological polar surface area (TPSA) is 49.4 Å². The average molecular weight is 246 g/mol. The Morgan fingerprint density at radius 2 is 1.83 bits per heavy atom. The monoisotopic (exact) mass is 246 g/mol. The maximum atomic E-state index is 11.6. The number of benzene rings is 1. The van der Waals surface area contributed by atoms with Crippen molar-refractivity contribution < 1.29 is 9.59 Å². The highest BCUT2D eigenvalue weighted by Crippen LogP contribution is 2.21. The third-order valence-corrected chi connectivity index (χ3v) is 3.39. The van der Waals surface area contributed by atoms with Crippen molar-refractivity contribution in [2.45, 2.75) is 32.2 Å². The minimum atomic E-state index is -0.728. The van der Waals surface area contributed by atoms with Gasteiger partial charge in [0.05, 0.1) is 0 Å². The van der Waals surface area contributed by atoms with Crippen LogP contribution in [0, 0.1) is 0 Å². The highest BCUT2D eigenvalue weighted by molar-refractivity contribution is 6.06. The highest BCUT2D eigenvalue weighted by Gasteiger charge is 2.44. The van der Waals surface area contributed by atoms with Gasteiger partial charge in [-0.25, -0.2) is 4.79 Å². The molecule has 0 bridgehead atoms. The van der Waals surface area contributed by atoms with Crippen LogP contribution in [0.25, 0.3) is 0 Å². The fourth-order valence-electron chi connectivity index (χ4n) is 2.16. The summed E-state index contributed by atoms with van der Waals surface area (Å²) in [5.74, 6) is -0.216. The number of carbonyl (C=O) groups is 2. The number of hydrogen-bond donors (Lipinski definition) is 1. The number of nitrogens with one attached hydrogen (secondary N) is 1. The van der Waals surface area contributed by atoms with Crippen molar-refractivity contribution in [2.75, 3.05) is 6.54 Å². The second-order valence-corrected chi connectivity index (χ2v) is 5.06. The third-order valence-electron chi connectivity index (χ3n) is 3.39. The molecule has 1 aliphatic rings. The third kappa shape index (κ3) is 2.37. The van der Waals surface area contributed by atoms with Crippen LogP contribution < -0.4 is 5.32 Å². The summed E-state index contributed by atoms with van der Waals surface area (Å²) in [4.78, 5) is 24.8. The van der Waals surface area contributed by atoms with Crippen LogP contribution in [0.15, 0.2) is 30.3 Å². The van der Waals surface area contributed by atoms with Crippen LogP contribution in [0.2, 0.25) is 0 Å². The van der Waals surface area contributed by atoms with E-state index in [1.807, 2.05) is 18.2 Å². The number of rotatable bonds is 4. The predicted molar refractivity (Wildman–Crippen MR) is 69.1 cm³/mol. The summed E-state index contributed by atoms with van der Waals surface area (Å²) >= 11 is 0. The van der Waals surface area contributed by atoms with Gasteiger partial charge in [0.2, 0.25) is 0 Å². The number of nitrogens with zero attached hydrogens (tertiary/aromatic N) is 1. The lowest BCUT2D eigenvalue weighted by Gasteiger charge is -2.27. The molecule has 4 nitrogen and oxygen atoms in total. The van der Waals surface area contributed by atoms with E-state index in [1.54, 1.807) is 18.7 Å². The Labute approximate surface area is 107 Å². The molecule has 3 amide bonds. The van der Waals surface area contributed by atoms with E-state index in [0.717, 1.165) is 12.8 Å². The Kier molecular flexibility index (Phi) is 3.36. The number of imide groups is 1. The quantitative estimate of drug-likeness (QED) is 0.825. The van der Waals surface area contributed by atoms with Gasteiger partial charge in [0.1, 0.15) is 5.54 Å².